The number of amides is 1. The minimum atomic E-state index is -0.458. The van der Waals surface area contributed by atoms with E-state index in [4.69, 9.17) is 4.74 Å². The van der Waals surface area contributed by atoms with Gasteiger partial charge in [0.1, 0.15) is 11.4 Å². The lowest BCUT2D eigenvalue weighted by atomic mass is 9.73. The number of rotatable bonds is 4. The predicted molar refractivity (Wildman–Crippen MR) is 108 cm³/mol. The highest BCUT2D eigenvalue weighted by molar-refractivity contribution is 5.70. The molecule has 1 aliphatic carbocycles. The third kappa shape index (κ3) is 3.73. The predicted octanol–water partition coefficient (Wildman–Crippen LogP) is 2.88. The fourth-order valence-corrected chi connectivity index (χ4v) is 4.03. The number of H-pyrrole nitrogens is 1. The number of anilines is 3. The zero-order valence-electron chi connectivity index (χ0n) is 17.1. The Morgan fingerprint density at radius 2 is 2.00 bits per heavy atom. The number of ether oxygens (including phenoxy) is 1. The molecule has 1 amide bonds. The maximum absolute atomic E-state index is 12.1. The molecule has 0 radical (unpaired) electrons. The highest BCUT2D eigenvalue weighted by Gasteiger charge is 2.54. The van der Waals surface area contributed by atoms with Crippen LogP contribution in [0.1, 0.15) is 45.2 Å². The van der Waals surface area contributed by atoms with Crippen LogP contribution in [0.25, 0.3) is 0 Å². The van der Waals surface area contributed by atoms with Crippen LogP contribution in [0.4, 0.5) is 22.4 Å². The van der Waals surface area contributed by atoms with Crippen LogP contribution < -0.4 is 10.2 Å². The van der Waals surface area contributed by atoms with Crippen molar-refractivity contribution in [2.45, 2.75) is 45.1 Å². The summed E-state index contributed by atoms with van der Waals surface area (Å²) in [6.07, 6.45) is 4.01. The Morgan fingerprint density at radius 1 is 1.24 bits per heavy atom. The Bertz CT molecular complexity index is 917. The standard InChI is InChI=1S/C20H27N7O2/c1-19(2,3)29-18(28)27-11-20(12-27)9-26(10-20)17-21-7-6-15(23-17)22-16-8-14(24-25-16)13-4-5-13/h6-8,13H,4-5,9-12H2,1-3H3,(H2,21,22,23,24,25). The number of nitrogens with one attached hydrogen (secondary N) is 2. The first-order valence-electron chi connectivity index (χ1n) is 10.2. The van der Waals surface area contributed by atoms with Crippen LogP contribution in [0.15, 0.2) is 18.3 Å². The van der Waals surface area contributed by atoms with E-state index in [0.29, 0.717) is 11.9 Å². The second kappa shape index (κ2) is 6.33. The molecule has 5 rings (SSSR count). The third-order valence-corrected chi connectivity index (χ3v) is 5.55. The molecule has 2 aromatic rings. The molecule has 2 aromatic heterocycles. The molecule has 154 valence electrons. The number of aromatic amines is 1. The van der Waals surface area contributed by atoms with Gasteiger partial charge < -0.3 is 19.9 Å². The molecule has 1 saturated carbocycles. The molecule has 4 heterocycles. The minimum absolute atomic E-state index is 0.144. The Morgan fingerprint density at radius 3 is 2.69 bits per heavy atom. The van der Waals surface area contributed by atoms with Gasteiger partial charge in [-0.2, -0.15) is 10.1 Å². The number of likely N-dealkylation sites (tertiary alicyclic amines) is 1. The van der Waals surface area contributed by atoms with Gasteiger partial charge in [0.2, 0.25) is 5.95 Å². The van der Waals surface area contributed by atoms with Crippen LogP contribution in [0.5, 0.6) is 0 Å². The molecule has 3 aliphatic rings. The van der Waals surface area contributed by atoms with Gasteiger partial charge in [0.25, 0.3) is 0 Å². The summed E-state index contributed by atoms with van der Waals surface area (Å²) in [5.74, 6) is 2.85. The Balaban J connectivity index is 1.15. The van der Waals surface area contributed by atoms with Crippen LogP contribution in [0.2, 0.25) is 0 Å². The van der Waals surface area contributed by atoms with Crippen molar-refractivity contribution in [1.82, 2.24) is 25.1 Å². The normalized spacial score (nSPS) is 20.2. The number of aromatic nitrogens is 4. The summed E-state index contributed by atoms with van der Waals surface area (Å²) in [7, 11) is 0. The molecule has 0 unspecified atom stereocenters. The number of carbonyl (C=O) groups excluding carboxylic acids is 1. The fraction of sp³-hybridized carbons (Fsp3) is 0.600. The van der Waals surface area contributed by atoms with E-state index in [1.54, 1.807) is 11.1 Å². The molecule has 0 bridgehead atoms. The van der Waals surface area contributed by atoms with Crippen molar-refractivity contribution in [3.05, 3.63) is 24.0 Å². The van der Waals surface area contributed by atoms with E-state index in [0.717, 1.165) is 37.8 Å². The molecule has 2 aliphatic heterocycles. The third-order valence-electron chi connectivity index (χ3n) is 5.55. The largest absolute Gasteiger partial charge is 0.444 e. The zero-order valence-corrected chi connectivity index (χ0v) is 17.1. The van der Waals surface area contributed by atoms with Crippen LogP contribution >= 0.6 is 0 Å². The minimum Gasteiger partial charge on any atom is -0.444 e. The first-order chi connectivity index (χ1) is 13.8. The SMILES string of the molecule is CC(C)(C)OC(=O)N1CC2(C1)CN(c1nccc(Nc3cc(C4CC4)[nH]n3)n1)C2. The van der Waals surface area contributed by atoms with Gasteiger partial charge >= 0.3 is 6.09 Å². The second-order valence-electron chi connectivity index (χ2n) is 9.54. The van der Waals surface area contributed by atoms with Gasteiger partial charge in [-0.15, -0.1) is 0 Å². The maximum Gasteiger partial charge on any atom is 0.410 e. The second-order valence-corrected chi connectivity index (χ2v) is 9.54. The van der Waals surface area contributed by atoms with Crippen LogP contribution in [0, 0.1) is 5.41 Å². The molecular weight excluding hydrogens is 370 g/mol. The van der Waals surface area contributed by atoms with E-state index in [1.165, 1.54) is 18.5 Å². The zero-order chi connectivity index (χ0) is 20.2. The summed E-state index contributed by atoms with van der Waals surface area (Å²) in [6.45, 7) is 8.83. The van der Waals surface area contributed by atoms with Crippen LogP contribution in [0.3, 0.4) is 0 Å². The molecule has 0 aromatic carbocycles. The van der Waals surface area contributed by atoms with Crippen molar-refractivity contribution in [1.29, 1.82) is 0 Å². The van der Waals surface area contributed by atoms with Gasteiger partial charge in [-0.3, -0.25) is 5.10 Å². The maximum atomic E-state index is 12.1. The first kappa shape index (κ1) is 18.2. The summed E-state index contributed by atoms with van der Waals surface area (Å²) in [6, 6.07) is 3.90. The Hall–Kier alpha value is -2.84. The molecule has 1 spiro atoms. The van der Waals surface area contributed by atoms with E-state index in [-0.39, 0.29) is 11.5 Å². The van der Waals surface area contributed by atoms with Crippen molar-refractivity contribution >= 4 is 23.7 Å². The van der Waals surface area contributed by atoms with E-state index < -0.39 is 5.60 Å². The lowest BCUT2D eigenvalue weighted by molar-refractivity contribution is -0.0456. The van der Waals surface area contributed by atoms with Gasteiger partial charge in [-0.1, -0.05) is 0 Å². The first-order valence-corrected chi connectivity index (χ1v) is 10.2. The van der Waals surface area contributed by atoms with Crippen molar-refractivity contribution in [3.8, 4) is 0 Å². The molecule has 2 saturated heterocycles. The van der Waals surface area contributed by atoms with Gasteiger partial charge in [0, 0.05) is 55.5 Å². The molecule has 29 heavy (non-hydrogen) atoms. The lowest BCUT2D eigenvalue weighted by Gasteiger charge is -2.59. The topological polar surface area (TPSA) is 99.3 Å². The van der Waals surface area contributed by atoms with E-state index in [9.17, 15) is 4.79 Å². The van der Waals surface area contributed by atoms with E-state index in [1.807, 2.05) is 26.8 Å². The Kier molecular flexibility index (Phi) is 3.97. The average Bonchev–Trinajstić information content (AvgIpc) is 3.31. The van der Waals surface area contributed by atoms with Gasteiger partial charge in [-0.25, -0.2) is 9.78 Å². The van der Waals surface area contributed by atoms with Gasteiger partial charge in [-0.05, 0) is 39.7 Å². The van der Waals surface area contributed by atoms with E-state index >= 15 is 0 Å². The van der Waals surface area contributed by atoms with Gasteiger partial charge in [0.15, 0.2) is 5.82 Å². The Labute approximate surface area is 169 Å². The average molecular weight is 397 g/mol. The summed E-state index contributed by atoms with van der Waals surface area (Å²) >= 11 is 0. The molecule has 9 heteroatoms. The van der Waals surface area contributed by atoms with Crippen molar-refractivity contribution in [3.63, 3.8) is 0 Å². The number of carbonyl (C=O) groups is 1. The van der Waals surface area contributed by atoms with Crippen molar-refractivity contribution in [2.24, 2.45) is 5.41 Å². The summed E-state index contributed by atoms with van der Waals surface area (Å²) in [4.78, 5) is 25.1. The molecule has 3 fully saturated rings. The molecule has 2 N–H and O–H groups in total. The highest BCUT2D eigenvalue weighted by Crippen LogP contribution is 2.42. The monoisotopic (exact) mass is 397 g/mol. The van der Waals surface area contributed by atoms with Crippen molar-refractivity contribution in [2.75, 3.05) is 36.4 Å². The van der Waals surface area contributed by atoms with E-state index in [2.05, 4.69) is 36.4 Å². The molecule has 9 nitrogen and oxygen atoms in total. The summed E-state index contributed by atoms with van der Waals surface area (Å²) in [5.41, 5.74) is 0.872. The summed E-state index contributed by atoms with van der Waals surface area (Å²) in [5, 5.41) is 10.7. The summed E-state index contributed by atoms with van der Waals surface area (Å²) < 4.78 is 5.44. The number of hydrogen-bond donors (Lipinski definition) is 2. The quantitative estimate of drug-likeness (QED) is 0.818. The smallest absolute Gasteiger partial charge is 0.410 e. The number of hydrogen-bond acceptors (Lipinski definition) is 7. The lowest BCUT2D eigenvalue weighted by Crippen LogP contribution is -2.73. The van der Waals surface area contributed by atoms with Crippen LogP contribution in [-0.4, -0.2) is 62.9 Å². The van der Waals surface area contributed by atoms with Crippen molar-refractivity contribution < 1.29 is 9.53 Å². The molecule has 0 atom stereocenters. The van der Waals surface area contributed by atoms with Crippen LogP contribution in [-0.2, 0) is 4.74 Å². The molecular formula is C20H27N7O2. The highest BCUT2D eigenvalue weighted by atomic mass is 16.6. The number of nitrogens with zero attached hydrogens (tertiary/aromatic N) is 5. The fourth-order valence-electron chi connectivity index (χ4n) is 4.03. The van der Waals surface area contributed by atoms with Gasteiger partial charge in [0.05, 0.1) is 0 Å².